The standard InChI is InChI=1S/C7H13NO2.C7H12O2.C6H10O3.2C5H8O2/c1-4-7(9)10-6-5-8(2)3;1-3-5-6-9-7(8)4-2;1-5(2)6(8)9-4-3-7;2*1-4(2)5(6)7-3/h4H,1,5-6H2,2-3H3;4H,2-3,5-6H2,1H3;7H,1,3-4H2,2H3;2*1H2,2-3H3. The van der Waals surface area contributed by atoms with Gasteiger partial charge in [0.15, 0.2) is 0 Å². The second kappa shape index (κ2) is 35.0. The molecule has 0 unspecified atom stereocenters. The highest BCUT2D eigenvalue weighted by atomic mass is 16.5. The van der Waals surface area contributed by atoms with Crippen LogP contribution in [-0.4, -0.2) is 101 Å². The number of esters is 5. The quantitative estimate of drug-likeness (QED) is 0.142. The van der Waals surface area contributed by atoms with Gasteiger partial charge in [-0.15, -0.1) is 0 Å². The Balaban J connectivity index is -0.000000137. The molecule has 0 amide bonds. The highest BCUT2D eigenvalue weighted by Crippen LogP contribution is 1.90. The number of rotatable bonds is 13. The van der Waals surface area contributed by atoms with Crippen LogP contribution in [0.1, 0.15) is 40.5 Å². The van der Waals surface area contributed by atoms with E-state index in [1.165, 1.54) is 20.3 Å². The molecule has 0 aromatic rings. The van der Waals surface area contributed by atoms with Gasteiger partial charge in [-0.2, -0.15) is 0 Å². The van der Waals surface area contributed by atoms with Crippen LogP contribution in [0, 0.1) is 0 Å². The Bertz CT molecular complexity index is 818. The molecule has 0 aliphatic carbocycles. The lowest BCUT2D eigenvalue weighted by atomic mass is 10.4. The molecule has 1 N–H and O–H groups in total. The summed E-state index contributed by atoms with van der Waals surface area (Å²) < 4.78 is 22.4. The molecule has 42 heavy (non-hydrogen) atoms. The van der Waals surface area contributed by atoms with E-state index in [-0.39, 0.29) is 37.1 Å². The maximum atomic E-state index is 10.5. The molecule has 0 aliphatic rings. The van der Waals surface area contributed by atoms with E-state index < -0.39 is 5.97 Å². The van der Waals surface area contributed by atoms with Crippen molar-refractivity contribution in [3.63, 3.8) is 0 Å². The van der Waals surface area contributed by atoms with Gasteiger partial charge in [-0.1, -0.05) is 46.2 Å². The summed E-state index contributed by atoms with van der Waals surface area (Å²) in [4.78, 5) is 53.6. The van der Waals surface area contributed by atoms with Crippen LogP contribution in [0.25, 0.3) is 0 Å². The lowest BCUT2D eigenvalue weighted by Crippen LogP contribution is -2.19. The van der Waals surface area contributed by atoms with Crippen molar-refractivity contribution in [1.82, 2.24) is 4.90 Å². The Morgan fingerprint density at radius 2 is 1.07 bits per heavy atom. The van der Waals surface area contributed by atoms with Gasteiger partial charge in [0, 0.05) is 35.4 Å². The van der Waals surface area contributed by atoms with Crippen molar-refractivity contribution in [3.8, 4) is 0 Å². The monoisotopic (exact) mass is 601 g/mol. The largest absolute Gasteiger partial charge is 0.466 e. The summed E-state index contributed by atoms with van der Waals surface area (Å²) >= 11 is 0. The van der Waals surface area contributed by atoms with E-state index in [2.05, 4.69) is 51.8 Å². The predicted octanol–water partition coefficient (Wildman–Crippen LogP) is 3.36. The average Bonchev–Trinajstić information content (AvgIpc) is 2.95. The summed E-state index contributed by atoms with van der Waals surface area (Å²) in [5, 5.41) is 8.19. The highest BCUT2D eigenvalue weighted by molar-refractivity contribution is 5.87. The molecule has 0 aliphatic heterocycles. The van der Waals surface area contributed by atoms with Crippen LogP contribution in [0.2, 0.25) is 0 Å². The van der Waals surface area contributed by atoms with Gasteiger partial charge in [0.1, 0.15) is 13.2 Å². The van der Waals surface area contributed by atoms with Gasteiger partial charge in [0.2, 0.25) is 0 Å². The maximum absolute atomic E-state index is 10.5. The Labute approximate surface area is 251 Å². The minimum Gasteiger partial charge on any atom is -0.466 e. The Morgan fingerprint density at radius 3 is 1.31 bits per heavy atom. The van der Waals surface area contributed by atoms with Crippen molar-refractivity contribution >= 4 is 29.8 Å². The van der Waals surface area contributed by atoms with Crippen molar-refractivity contribution in [2.45, 2.75) is 40.5 Å². The first kappa shape index (κ1) is 47.7. The third-order valence-electron chi connectivity index (χ3n) is 3.60. The minimum atomic E-state index is -0.455. The Morgan fingerprint density at radius 1 is 0.690 bits per heavy atom. The van der Waals surface area contributed by atoms with E-state index in [4.69, 9.17) is 9.84 Å². The smallest absolute Gasteiger partial charge is 0.333 e. The summed E-state index contributed by atoms with van der Waals surface area (Å²) in [7, 11) is 6.50. The van der Waals surface area contributed by atoms with Crippen LogP contribution in [0.5, 0.6) is 0 Å². The van der Waals surface area contributed by atoms with E-state index in [0.29, 0.717) is 29.9 Å². The molecule has 0 heterocycles. The van der Waals surface area contributed by atoms with E-state index in [0.717, 1.165) is 25.5 Å². The van der Waals surface area contributed by atoms with Crippen molar-refractivity contribution in [3.05, 3.63) is 61.8 Å². The van der Waals surface area contributed by atoms with Gasteiger partial charge < -0.3 is 33.7 Å². The normalized spacial score (nSPS) is 8.52. The molecule has 12 heteroatoms. The summed E-state index contributed by atoms with van der Waals surface area (Å²) in [6.07, 6.45) is 4.31. The van der Waals surface area contributed by atoms with Gasteiger partial charge >= 0.3 is 29.8 Å². The molecule has 0 fully saturated rings. The number of carbonyl (C=O) groups excluding carboxylic acids is 5. The third-order valence-corrected chi connectivity index (χ3v) is 3.60. The number of hydrogen-bond acceptors (Lipinski definition) is 12. The number of hydrogen-bond donors (Lipinski definition) is 1. The maximum Gasteiger partial charge on any atom is 0.333 e. The number of methoxy groups -OCH3 is 2. The average molecular weight is 602 g/mol. The third kappa shape index (κ3) is 45.9. The molecule has 0 saturated heterocycles. The Kier molecular flexibility index (Phi) is 39.8. The van der Waals surface area contributed by atoms with Crippen LogP contribution in [0.15, 0.2) is 61.8 Å². The minimum absolute atomic E-state index is 0.0473. The number of aliphatic hydroxyl groups is 1. The first-order chi connectivity index (χ1) is 19.5. The molecule has 242 valence electrons. The zero-order valence-electron chi connectivity index (χ0n) is 26.6. The fraction of sp³-hybridized carbons (Fsp3) is 0.500. The van der Waals surface area contributed by atoms with Crippen LogP contribution < -0.4 is 0 Å². The van der Waals surface area contributed by atoms with Gasteiger partial charge in [-0.05, 0) is 41.3 Å². The summed E-state index contributed by atoms with van der Waals surface area (Å²) in [5.74, 6) is -1.84. The lowest BCUT2D eigenvalue weighted by molar-refractivity contribution is -0.140. The molecule has 0 rings (SSSR count). The SMILES string of the molecule is C=C(C)C(=O)OC.C=C(C)C(=O)OC.C=C(C)C(=O)OCCO.C=CC(=O)OCCCC.C=CC(=O)OCCN(C)C. The molecular weight excluding hydrogens is 550 g/mol. The van der Waals surface area contributed by atoms with Crippen molar-refractivity contribution in [2.75, 3.05) is 61.3 Å². The summed E-state index contributed by atoms with van der Waals surface area (Å²) in [6.45, 7) is 25.0. The summed E-state index contributed by atoms with van der Waals surface area (Å²) in [5.41, 5.74) is 1.22. The van der Waals surface area contributed by atoms with Gasteiger partial charge in [0.05, 0.1) is 27.4 Å². The first-order valence-corrected chi connectivity index (χ1v) is 12.7. The molecule has 0 spiro atoms. The second-order valence-corrected chi connectivity index (χ2v) is 8.08. The zero-order chi connectivity index (χ0) is 34.1. The topological polar surface area (TPSA) is 155 Å². The van der Waals surface area contributed by atoms with Crippen LogP contribution in [-0.2, 0) is 47.7 Å². The summed E-state index contributed by atoms with van der Waals surface area (Å²) in [6, 6.07) is 0. The lowest BCUT2D eigenvalue weighted by Gasteiger charge is -2.07. The number of carbonyl (C=O) groups is 5. The van der Waals surface area contributed by atoms with Crippen LogP contribution >= 0.6 is 0 Å². The van der Waals surface area contributed by atoms with Crippen molar-refractivity contribution < 1.29 is 52.8 Å². The zero-order valence-corrected chi connectivity index (χ0v) is 26.6. The molecule has 0 saturated carbocycles. The molecule has 0 aromatic heterocycles. The van der Waals surface area contributed by atoms with Gasteiger partial charge in [0.25, 0.3) is 0 Å². The molecule has 0 aromatic carbocycles. The molecule has 0 bridgehead atoms. The number of nitrogens with zero attached hydrogens (tertiary/aromatic N) is 1. The van der Waals surface area contributed by atoms with Crippen molar-refractivity contribution in [1.29, 1.82) is 0 Å². The molecule has 0 radical (unpaired) electrons. The Hall–Kier alpha value is -4.03. The second-order valence-electron chi connectivity index (χ2n) is 8.08. The van der Waals surface area contributed by atoms with E-state index >= 15 is 0 Å². The fourth-order valence-electron chi connectivity index (χ4n) is 1.37. The highest BCUT2D eigenvalue weighted by Gasteiger charge is 2.00. The van der Waals surface area contributed by atoms with Crippen LogP contribution in [0.3, 0.4) is 0 Å². The van der Waals surface area contributed by atoms with Crippen LogP contribution in [0.4, 0.5) is 0 Å². The van der Waals surface area contributed by atoms with Crippen molar-refractivity contribution in [2.24, 2.45) is 0 Å². The fourth-order valence-corrected chi connectivity index (χ4v) is 1.37. The number of aliphatic hydroxyl groups excluding tert-OH is 1. The molecule has 0 atom stereocenters. The predicted molar refractivity (Wildman–Crippen MR) is 162 cm³/mol. The van der Waals surface area contributed by atoms with E-state index in [1.807, 2.05) is 25.9 Å². The molecular formula is C30H51NO11. The van der Waals surface area contributed by atoms with Gasteiger partial charge in [-0.3, -0.25) is 0 Å². The van der Waals surface area contributed by atoms with E-state index in [1.54, 1.807) is 20.8 Å². The van der Waals surface area contributed by atoms with E-state index in [9.17, 15) is 24.0 Å². The number of likely N-dealkylation sites (N-methyl/N-ethyl adjacent to an activating group) is 1. The number of unbranched alkanes of at least 4 members (excludes halogenated alkanes) is 1. The number of ether oxygens (including phenoxy) is 5. The molecule has 12 nitrogen and oxygen atoms in total. The van der Waals surface area contributed by atoms with Gasteiger partial charge in [-0.25, -0.2) is 24.0 Å². The first-order valence-electron chi connectivity index (χ1n) is 12.7.